The molecule has 2 aliphatic heterocycles. The van der Waals surface area contributed by atoms with Gasteiger partial charge in [0.2, 0.25) is 5.88 Å². The lowest BCUT2D eigenvalue weighted by Crippen LogP contribution is -2.52. The van der Waals surface area contributed by atoms with E-state index in [-0.39, 0.29) is 23.7 Å². The van der Waals surface area contributed by atoms with Crippen molar-refractivity contribution in [1.29, 1.82) is 0 Å². The Balaban J connectivity index is 1.43. The number of benzene rings is 1. The van der Waals surface area contributed by atoms with Crippen LogP contribution in [0.4, 0.5) is 4.39 Å². The molecule has 1 amide bonds. The topological polar surface area (TPSA) is 51.7 Å². The molecule has 0 aliphatic carbocycles. The molecule has 1 fully saturated rings. The molecule has 3 heterocycles. The molecule has 26 heavy (non-hydrogen) atoms. The fourth-order valence-corrected chi connectivity index (χ4v) is 3.40. The molecule has 2 aromatic rings. The number of nitrogens with zero attached hydrogens (tertiary/aromatic N) is 2. The average Bonchev–Trinajstić information content (AvgIpc) is 2.61. The van der Waals surface area contributed by atoms with Crippen LogP contribution in [0.5, 0.6) is 5.88 Å². The van der Waals surface area contributed by atoms with Crippen LogP contribution in [0.2, 0.25) is 0 Å². The highest BCUT2D eigenvalue weighted by atomic mass is 19.1. The highest BCUT2D eigenvalue weighted by molar-refractivity contribution is 5.96. The van der Waals surface area contributed by atoms with Crippen molar-refractivity contribution in [2.24, 2.45) is 5.41 Å². The number of carbonyl (C=O) groups is 1. The molecule has 1 aromatic heterocycles. The van der Waals surface area contributed by atoms with Crippen LogP contribution in [0.15, 0.2) is 36.4 Å². The zero-order valence-electron chi connectivity index (χ0n) is 14.7. The van der Waals surface area contributed by atoms with Gasteiger partial charge in [-0.25, -0.2) is 9.37 Å². The van der Waals surface area contributed by atoms with Crippen LogP contribution in [0.3, 0.4) is 0 Å². The van der Waals surface area contributed by atoms with Crippen molar-refractivity contribution < 1.29 is 18.7 Å². The molecule has 5 nitrogen and oxygen atoms in total. The van der Waals surface area contributed by atoms with Crippen LogP contribution in [0.25, 0.3) is 0 Å². The molecule has 0 spiro atoms. The van der Waals surface area contributed by atoms with E-state index in [1.165, 1.54) is 12.1 Å². The van der Waals surface area contributed by atoms with E-state index in [1.807, 2.05) is 4.90 Å². The minimum atomic E-state index is -0.291. The van der Waals surface area contributed by atoms with Crippen LogP contribution in [0.1, 0.15) is 28.5 Å². The fourth-order valence-electron chi connectivity index (χ4n) is 3.40. The van der Waals surface area contributed by atoms with E-state index in [0.29, 0.717) is 44.2 Å². The van der Waals surface area contributed by atoms with Gasteiger partial charge in [-0.3, -0.25) is 4.79 Å². The van der Waals surface area contributed by atoms with Gasteiger partial charge in [-0.15, -0.1) is 0 Å². The number of rotatable bonds is 5. The smallest absolute Gasteiger partial charge is 0.255 e. The predicted molar refractivity (Wildman–Crippen MR) is 93.5 cm³/mol. The summed E-state index contributed by atoms with van der Waals surface area (Å²) in [7, 11) is 0. The second-order valence-corrected chi connectivity index (χ2v) is 7.34. The average molecular weight is 356 g/mol. The van der Waals surface area contributed by atoms with Crippen LogP contribution < -0.4 is 4.74 Å². The van der Waals surface area contributed by atoms with Gasteiger partial charge in [0.05, 0.1) is 24.5 Å². The first kappa shape index (κ1) is 17.0. The molecule has 0 bridgehead atoms. The third-order valence-electron chi connectivity index (χ3n) is 4.83. The summed E-state index contributed by atoms with van der Waals surface area (Å²) in [5.41, 5.74) is 2.20. The summed E-state index contributed by atoms with van der Waals surface area (Å²) in [6.07, 6.45) is 0.704. The summed E-state index contributed by atoms with van der Waals surface area (Å²) in [4.78, 5) is 19.1. The number of amides is 1. The van der Waals surface area contributed by atoms with Crippen LogP contribution in [-0.4, -0.2) is 42.1 Å². The Bertz CT molecular complexity index is 836. The number of hydrogen-bond donors (Lipinski definition) is 0. The Morgan fingerprint density at radius 2 is 2.15 bits per heavy atom. The summed E-state index contributed by atoms with van der Waals surface area (Å²) in [5, 5.41) is 0. The lowest BCUT2D eigenvalue weighted by atomic mass is 9.87. The first-order chi connectivity index (χ1) is 12.5. The molecule has 0 N–H and O–H groups in total. The third kappa shape index (κ3) is 3.42. The molecular weight excluding hydrogens is 335 g/mol. The lowest BCUT2D eigenvalue weighted by molar-refractivity contribution is -0.111. The quantitative estimate of drug-likeness (QED) is 0.827. The van der Waals surface area contributed by atoms with Crippen molar-refractivity contribution in [3.05, 3.63) is 59.0 Å². The summed E-state index contributed by atoms with van der Waals surface area (Å²) in [5.74, 6) is 0.179. The first-order valence-electron chi connectivity index (χ1n) is 8.77. The highest BCUT2D eigenvalue weighted by Crippen LogP contribution is 2.30. The van der Waals surface area contributed by atoms with Crippen LogP contribution in [0, 0.1) is 11.2 Å². The SMILES string of the molecule is CC1(CN2CCc3nc(OCc4cccc(F)c4)ccc3C2=O)COC1. The summed E-state index contributed by atoms with van der Waals surface area (Å²) in [6, 6.07) is 9.76. The Hall–Kier alpha value is -2.47. The van der Waals surface area contributed by atoms with Gasteiger partial charge in [0.15, 0.2) is 0 Å². The van der Waals surface area contributed by atoms with Crippen molar-refractivity contribution in [1.82, 2.24) is 9.88 Å². The van der Waals surface area contributed by atoms with Crippen molar-refractivity contribution in [3.8, 4) is 5.88 Å². The van der Waals surface area contributed by atoms with Gasteiger partial charge in [-0.2, -0.15) is 0 Å². The monoisotopic (exact) mass is 356 g/mol. The van der Waals surface area contributed by atoms with E-state index in [4.69, 9.17) is 9.47 Å². The minimum absolute atomic E-state index is 0.0172. The normalized spacial score (nSPS) is 18.2. The van der Waals surface area contributed by atoms with Gasteiger partial charge in [-0.05, 0) is 23.8 Å². The number of carbonyl (C=O) groups excluding carboxylic acids is 1. The van der Waals surface area contributed by atoms with E-state index in [2.05, 4.69) is 11.9 Å². The van der Waals surface area contributed by atoms with E-state index in [1.54, 1.807) is 24.3 Å². The van der Waals surface area contributed by atoms with Gasteiger partial charge in [0.25, 0.3) is 5.91 Å². The fraction of sp³-hybridized carbons (Fsp3) is 0.400. The van der Waals surface area contributed by atoms with Gasteiger partial charge >= 0.3 is 0 Å². The van der Waals surface area contributed by atoms with Crippen LogP contribution in [-0.2, 0) is 17.8 Å². The Kier molecular flexibility index (Phi) is 4.36. The minimum Gasteiger partial charge on any atom is -0.473 e. The maximum absolute atomic E-state index is 13.2. The van der Waals surface area contributed by atoms with E-state index < -0.39 is 0 Å². The number of fused-ring (bicyclic) bond motifs is 1. The molecule has 6 heteroatoms. The maximum atomic E-state index is 13.2. The molecular formula is C20H21FN2O3. The van der Waals surface area contributed by atoms with Gasteiger partial charge < -0.3 is 14.4 Å². The number of pyridine rings is 1. The van der Waals surface area contributed by atoms with Gasteiger partial charge in [0, 0.05) is 31.0 Å². The van der Waals surface area contributed by atoms with Gasteiger partial charge in [0.1, 0.15) is 12.4 Å². The molecule has 0 saturated carbocycles. The zero-order valence-corrected chi connectivity index (χ0v) is 14.7. The Labute approximate surface area is 151 Å². The van der Waals surface area contributed by atoms with E-state index in [9.17, 15) is 9.18 Å². The summed E-state index contributed by atoms with van der Waals surface area (Å²) in [6.45, 7) is 5.15. The van der Waals surface area contributed by atoms with E-state index >= 15 is 0 Å². The second-order valence-electron chi connectivity index (χ2n) is 7.34. The third-order valence-corrected chi connectivity index (χ3v) is 4.83. The molecule has 0 unspecified atom stereocenters. The number of hydrogen-bond acceptors (Lipinski definition) is 4. The van der Waals surface area contributed by atoms with Crippen molar-refractivity contribution in [2.75, 3.05) is 26.3 Å². The second kappa shape index (κ2) is 6.68. The molecule has 136 valence electrons. The maximum Gasteiger partial charge on any atom is 0.255 e. The summed E-state index contributed by atoms with van der Waals surface area (Å²) >= 11 is 0. The van der Waals surface area contributed by atoms with Crippen LogP contribution >= 0.6 is 0 Å². The molecule has 0 atom stereocenters. The molecule has 1 saturated heterocycles. The van der Waals surface area contributed by atoms with Gasteiger partial charge in [-0.1, -0.05) is 19.1 Å². The largest absolute Gasteiger partial charge is 0.473 e. The first-order valence-corrected chi connectivity index (χ1v) is 8.77. The number of ether oxygens (including phenoxy) is 2. The Morgan fingerprint density at radius 1 is 1.31 bits per heavy atom. The molecule has 4 rings (SSSR count). The standard InChI is InChI=1S/C20H21FN2O3/c1-20(12-25-13-20)11-23-8-7-17-16(19(23)24)5-6-18(22-17)26-10-14-3-2-4-15(21)9-14/h2-6,9H,7-8,10-13H2,1H3. The highest BCUT2D eigenvalue weighted by Gasteiger charge is 2.38. The summed E-state index contributed by atoms with van der Waals surface area (Å²) < 4.78 is 24.2. The number of halogens is 1. The van der Waals surface area contributed by atoms with Crippen molar-refractivity contribution in [3.63, 3.8) is 0 Å². The lowest BCUT2D eigenvalue weighted by Gasteiger charge is -2.42. The van der Waals surface area contributed by atoms with Crippen molar-refractivity contribution in [2.45, 2.75) is 20.0 Å². The Morgan fingerprint density at radius 3 is 2.88 bits per heavy atom. The van der Waals surface area contributed by atoms with E-state index in [0.717, 1.165) is 11.3 Å². The molecule has 2 aliphatic rings. The van der Waals surface area contributed by atoms with Crippen molar-refractivity contribution >= 4 is 5.91 Å². The number of aromatic nitrogens is 1. The predicted octanol–water partition coefficient (Wildman–Crippen LogP) is 2.83. The molecule has 1 aromatic carbocycles. The zero-order chi connectivity index (χ0) is 18.1. The molecule has 0 radical (unpaired) electrons.